The zero-order valence-corrected chi connectivity index (χ0v) is 13.9. The van der Waals surface area contributed by atoms with Crippen molar-refractivity contribution in [1.82, 2.24) is 9.38 Å². The number of aryl methyl sites for hydroxylation is 1. The summed E-state index contributed by atoms with van der Waals surface area (Å²) in [5.74, 6) is 0.879. The lowest BCUT2D eigenvalue weighted by molar-refractivity contribution is 0.242. The van der Waals surface area contributed by atoms with E-state index in [1.165, 1.54) is 0 Å². The Morgan fingerprint density at radius 3 is 2.57 bits per heavy atom. The molecule has 3 rings (SSSR count). The molecule has 0 spiro atoms. The van der Waals surface area contributed by atoms with Gasteiger partial charge in [0, 0.05) is 18.2 Å². The Labute approximate surface area is 136 Å². The Balaban J connectivity index is 2.08. The monoisotopic (exact) mass is 309 g/mol. The van der Waals surface area contributed by atoms with Crippen molar-refractivity contribution in [3.8, 4) is 17.0 Å². The molecule has 1 aromatic carbocycles. The molecule has 0 unspecified atom stereocenters. The zero-order valence-electron chi connectivity index (χ0n) is 13.9. The van der Waals surface area contributed by atoms with Gasteiger partial charge in [-0.05, 0) is 63.2 Å². The molecule has 0 radical (unpaired) electrons. The fraction of sp³-hybridized carbons (Fsp3) is 0.316. The fourth-order valence-electron chi connectivity index (χ4n) is 2.82. The lowest BCUT2D eigenvalue weighted by Gasteiger charge is -2.10. The fourth-order valence-corrected chi connectivity index (χ4v) is 2.82. The van der Waals surface area contributed by atoms with Crippen LogP contribution in [0.3, 0.4) is 0 Å². The average molecular weight is 309 g/mol. The summed E-state index contributed by atoms with van der Waals surface area (Å²) < 4.78 is 7.86. The molecule has 4 heteroatoms. The highest BCUT2D eigenvalue weighted by Crippen LogP contribution is 2.28. The Morgan fingerprint density at radius 1 is 1.17 bits per heavy atom. The van der Waals surface area contributed by atoms with Crippen LogP contribution in [0.4, 0.5) is 0 Å². The molecular formula is C19H23N3O. The summed E-state index contributed by atoms with van der Waals surface area (Å²) in [6.07, 6.45) is 3.02. The second-order valence-electron chi connectivity index (χ2n) is 6.02. The number of fused-ring (bicyclic) bond motifs is 1. The van der Waals surface area contributed by atoms with Crippen LogP contribution in [0.1, 0.15) is 25.1 Å². The second kappa shape index (κ2) is 6.42. The van der Waals surface area contributed by atoms with Crippen molar-refractivity contribution < 1.29 is 4.74 Å². The molecule has 23 heavy (non-hydrogen) atoms. The van der Waals surface area contributed by atoms with Gasteiger partial charge in [-0.1, -0.05) is 6.07 Å². The van der Waals surface area contributed by atoms with Crippen LogP contribution >= 0.6 is 0 Å². The van der Waals surface area contributed by atoms with Crippen LogP contribution in [0, 0.1) is 6.92 Å². The topological polar surface area (TPSA) is 52.5 Å². The van der Waals surface area contributed by atoms with Crippen LogP contribution in [0.2, 0.25) is 0 Å². The first-order valence-corrected chi connectivity index (χ1v) is 8.04. The van der Waals surface area contributed by atoms with Gasteiger partial charge in [-0.15, -0.1) is 0 Å². The molecule has 0 aliphatic rings. The number of nitrogens with two attached hydrogens (primary N) is 1. The highest BCUT2D eigenvalue weighted by molar-refractivity contribution is 5.68. The quantitative estimate of drug-likeness (QED) is 0.783. The molecular weight excluding hydrogens is 286 g/mol. The molecule has 4 nitrogen and oxygen atoms in total. The summed E-state index contributed by atoms with van der Waals surface area (Å²) in [5.41, 5.74) is 11.2. The number of hydrogen-bond acceptors (Lipinski definition) is 3. The largest absolute Gasteiger partial charge is 0.491 e. The third-order valence-corrected chi connectivity index (χ3v) is 3.82. The molecule has 2 aromatic heterocycles. The molecule has 0 bridgehead atoms. The Kier molecular flexibility index (Phi) is 4.35. The van der Waals surface area contributed by atoms with Gasteiger partial charge >= 0.3 is 0 Å². The summed E-state index contributed by atoms with van der Waals surface area (Å²) in [6.45, 7) is 6.73. The van der Waals surface area contributed by atoms with E-state index in [0.717, 1.165) is 40.3 Å². The van der Waals surface area contributed by atoms with Gasteiger partial charge in [0.15, 0.2) is 0 Å². The lowest BCUT2D eigenvalue weighted by atomic mass is 10.1. The van der Waals surface area contributed by atoms with E-state index in [1.807, 2.05) is 32.0 Å². The van der Waals surface area contributed by atoms with Gasteiger partial charge in [0.1, 0.15) is 11.4 Å². The molecule has 0 fully saturated rings. The van der Waals surface area contributed by atoms with Crippen molar-refractivity contribution in [3.63, 3.8) is 0 Å². The predicted molar refractivity (Wildman–Crippen MR) is 93.9 cm³/mol. The number of aromatic nitrogens is 2. The van der Waals surface area contributed by atoms with Gasteiger partial charge in [-0.2, -0.15) is 0 Å². The number of pyridine rings is 1. The van der Waals surface area contributed by atoms with E-state index in [-0.39, 0.29) is 6.10 Å². The molecule has 2 heterocycles. The van der Waals surface area contributed by atoms with Crippen molar-refractivity contribution in [2.45, 2.75) is 33.3 Å². The summed E-state index contributed by atoms with van der Waals surface area (Å²) >= 11 is 0. The van der Waals surface area contributed by atoms with E-state index >= 15 is 0 Å². The maximum absolute atomic E-state index is 5.81. The van der Waals surface area contributed by atoms with Gasteiger partial charge in [0.2, 0.25) is 0 Å². The van der Waals surface area contributed by atoms with Gasteiger partial charge in [-0.25, -0.2) is 4.98 Å². The Morgan fingerprint density at radius 2 is 1.91 bits per heavy atom. The molecule has 2 N–H and O–H groups in total. The van der Waals surface area contributed by atoms with E-state index in [0.29, 0.717) is 6.54 Å². The maximum Gasteiger partial charge on any atom is 0.140 e. The van der Waals surface area contributed by atoms with E-state index in [9.17, 15) is 0 Å². The third kappa shape index (κ3) is 3.08. The minimum absolute atomic E-state index is 0.173. The number of imidazole rings is 1. The first-order chi connectivity index (χ1) is 11.1. The molecule has 3 aromatic rings. The minimum Gasteiger partial charge on any atom is -0.491 e. The average Bonchev–Trinajstić information content (AvgIpc) is 2.88. The Bertz CT molecular complexity index is 803. The van der Waals surface area contributed by atoms with Crippen molar-refractivity contribution in [2.24, 2.45) is 5.73 Å². The normalized spacial score (nSPS) is 11.3. The lowest BCUT2D eigenvalue weighted by Crippen LogP contribution is -2.06. The number of ether oxygens (including phenoxy) is 1. The number of nitrogens with zero attached hydrogens (tertiary/aromatic N) is 2. The van der Waals surface area contributed by atoms with E-state index in [2.05, 4.69) is 35.7 Å². The van der Waals surface area contributed by atoms with E-state index in [1.54, 1.807) is 0 Å². The Hall–Kier alpha value is -2.33. The standard InChI is InChI=1S/C19H23N3O/c1-13(2)23-16-8-6-15(7-9-16)18-17(10-11-20)22-12-4-5-14(3)19(22)21-18/h4-9,12-13H,10-11,20H2,1-3H3. The van der Waals surface area contributed by atoms with Crippen LogP contribution < -0.4 is 10.5 Å². The van der Waals surface area contributed by atoms with Gasteiger partial charge < -0.3 is 14.9 Å². The van der Waals surface area contributed by atoms with Crippen LogP contribution in [0.5, 0.6) is 5.75 Å². The highest BCUT2D eigenvalue weighted by Gasteiger charge is 2.14. The van der Waals surface area contributed by atoms with Gasteiger partial charge in [-0.3, -0.25) is 0 Å². The van der Waals surface area contributed by atoms with Crippen molar-refractivity contribution >= 4 is 5.65 Å². The first-order valence-electron chi connectivity index (χ1n) is 8.04. The molecule has 0 saturated heterocycles. The molecule has 0 aliphatic heterocycles. The summed E-state index contributed by atoms with van der Waals surface area (Å²) in [5, 5.41) is 0. The number of hydrogen-bond donors (Lipinski definition) is 1. The van der Waals surface area contributed by atoms with Crippen LogP contribution in [-0.4, -0.2) is 22.0 Å². The minimum atomic E-state index is 0.173. The van der Waals surface area contributed by atoms with E-state index in [4.69, 9.17) is 15.5 Å². The third-order valence-electron chi connectivity index (χ3n) is 3.82. The maximum atomic E-state index is 5.81. The van der Waals surface area contributed by atoms with Crippen molar-refractivity contribution in [3.05, 3.63) is 53.9 Å². The zero-order chi connectivity index (χ0) is 16.4. The van der Waals surface area contributed by atoms with Gasteiger partial charge in [0.25, 0.3) is 0 Å². The van der Waals surface area contributed by atoms with Crippen LogP contribution in [-0.2, 0) is 6.42 Å². The second-order valence-corrected chi connectivity index (χ2v) is 6.02. The summed E-state index contributed by atoms with van der Waals surface area (Å²) in [7, 11) is 0. The van der Waals surface area contributed by atoms with Crippen LogP contribution in [0.25, 0.3) is 16.9 Å². The number of rotatable bonds is 5. The molecule has 0 aliphatic carbocycles. The predicted octanol–water partition coefficient (Wildman–Crippen LogP) is 3.60. The molecule has 0 atom stereocenters. The van der Waals surface area contributed by atoms with E-state index < -0.39 is 0 Å². The highest BCUT2D eigenvalue weighted by atomic mass is 16.5. The molecule has 0 amide bonds. The summed E-state index contributed by atoms with van der Waals surface area (Å²) in [4.78, 5) is 4.86. The molecule has 0 saturated carbocycles. The first kappa shape index (κ1) is 15.6. The van der Waals surface area contributed by atoms with Crippen molar-refractivity contribution in [1.29, 1.82) is 0 Å². The SMILES string of the molecule is Cc1cccn2c(CCN)c(-c3ccc(OC(C)C)cc3)nc12. The van der Waals surface area contributed by atoms with Gasteiger partial charge in [0.05, 0.1) is 17.5 Å². The number of benzene rings is 1. The summed E-state index contributed by atoms with van der Waals surface area (Å²) in [6, 6.07) is 12.3. The van der Waals surface area contributed by atoms with Crippen LogP contribution in [0.15, 0.2) is 42.6 Å². The molecule has 120 valence electrons. The smallest absolute Gasteiger partial charge is 0.140 e. The van der Waals surface area contributed by atoms with Crippen molar-refractivity contribution in [2.75, 3.05) is 6.54 Å².